The minimum absolute atomic E-state index is 0.179. The van der Waals surface area contributed by atoms with Crippen molar-refractivity contribution >= 4 is 0 Å². The first kappa shape index (κ1) is 7.98. The third-order valence-corrected chi connectivity index (χ3v) is 1.81. The van der Waals surface area contributed by atoms with Gasteiger partial charge in [-0.05, 0) is 6.42 Å². The topological polar surface area (TPSA) is 38.7 Å². The Morgan fingerprint density at radius 3 is 3.10 bits per heavy atom. The molecule has 0 saturated carbocycles. The predicted molar refractivity (Wildman–Crippen MR) is 36.8 cm³/mol. The molecule has 1 N–H and O–H groups in total. The van der Waals surface area contributed by atoms with Crippen molar-refractivity contribution in [2.75, 3.05) is 26.9 Å². The number of methoxy groups -OCH3 is 1. The van der Waals surface area contributed by atoms with Gasteiger partial charge in [0.05, 0.1) is 19.3 Å². The minimum atomic E-state index is -0.228. The quantitative estimate of drug-likeness (QED) is 0.597. The van der Waals surface area contributed by atoms with Crippen LogP contribution in [0, 0.1) is 5.92 Å². The highest BCUT2D eigenvalue weighted by Crippen LogP contribution is 2.14. The summed E-state index contributed by atoms with van der Waals surface area (Å²) in [6.07, 6.45) is 0.516. The number of aliphatic hydroxyl groups is 1. The van der Waals surface area contributed by atoms with Gasteiger partial charge in [-0.15, -0.1) is 0 Å². The Morgan fingerprint density at radius 1 is 1.70 bits per heavy atom. The molecule has 1 aliphatic rings. The maximum Gasteiger partial charge on any atom is 0.0634 e. The van der Waals surface area contributed by atoms with Crippen molar-refractivity contribution in [2.24, 2.45) is 5.92 Å². The molecule has 1 rings (SSSR count). The highest BCUT2D eigenvalue weighted by molar-refractivity contribution is 4.71. The van der Waals surface area contributed by atoms with E-state index in [-0.39, 0.29) is 12.0 Å². The zero-order chi connectivity index (χ0) is 7.40. The maximum absolute atomic E-state index is 9.34. The molecule has 3 heteroatoms. The third kappa shape index (κ3) is 1.94. The van der Waals surface area contributed by atoms with E-state index in [1.165, 1.54) is 0 Å². The summed E-state index contributed by atoms with van der Waals surface area (Å²) in [7, 11) is 1.64. The molecule has 0 amide bonds. The molecular formula is C7H14O3. The van der Waals surface area contributed by atoms with Gasteiger partial charge in [-0.2, -0.15) is 0 Å². The Hall–Kier alpha value is -0.120. The summed E-state index contributed by atoms with van der Waals surface area (Å²) < 4.78 is 10.1. The summed E-state index contributed by atoms with van der Waals surface area (Å²) in [5.74, 6) is 0.179. The van der Waals surface area contributed by atoms with Crippen LogP contribution in [0.15, 0.2) is 0 Å². The molecule has 0 aliphatic carbocycles. The van der Waals surface area contributed by atoms with Crippen LogP contribution in [-0.2, 0) is 9.47 Å². The second kappa shape index (κ2) is 3.91. The van der Waals surface area contributed by atoms with Crippen molar-refractivity contribution in [3.05, 3.63) is 0 Å². The molecule has 1 fully saturated rings. The van der Waals surface area contributed by atoms with E-state index in [0.29, 0.717) is 19.8 Å². The second-order valence-corrected chi connectivity index (χ2v) is 2.65. The van der Waals surface area contributed by atoms with Crippen molar-refractivity contribution in [1.82, 2.24) is 0 Å². The van der Waals surface area contributed by atoms with E-state index >= 15 is 0 Å². The number of aliphatic hydroxyl groups excluding tert-OH is 1. The molecule has 1 saturated heterocycles. The fourth-order valence-corrected chi connectivity index (χ4v) is 1.16. The molecule has 0 aromatic heterocycles. The molecule has 0 spiro atoms. The Kier molecular flexibility index (Phi) is 3.12. The highest BCUT2D eigenvalue weighted by atomic mass is 16.5. The van der Waals surface area contributed by atoms with Crippen LogP contribution in [0.5, 0.6) is 0 Å². The molecule has 2 unspecified atom stereocenters. The van der Waals surface area contributed by atoms with Crippen LogP contribution in [0.2, 0.25) is 0 Å². The lowest BCUT2D eigenvalue weighted by Crippen LogP contribution is -2.34. The molecule has 2 atom stereocenters. The first-order valence-corrected chi connectivity index (χ1v) is 3.59. The molecule has 0 radical (unpaired) electrons. The SMILES string of the molecule is COCC1COCCC1O. The Morgan fingerprint density at radius 2 is 2.50 bits per heavy atom. The summed E-state index contributed by atoms with van der Waals surface area (Å²) in [5, 5.41) is 9.34. The fourth-order valence-electron chi connectivity index (χ4n) is 1.16. The predicted octanol–water partition coefficient (Wildman–Crippen LogP) is 0.0302. The number of hydrogen-bond acceptors (Lipinski definition) is 3. The lowest BCUT2D eigenvalue weighted by atomic mass is 10.00. The lowest BCUT2D eigenvalue weighted by molar-refractivity contribution is -0.0602. The van der Waals surface area contributed by atoms with Crippen molar-refractivity contribution in [3.8, 4) is 0 Å². The van der Waals surface area contributed by atoms with Crippen LogP contribution in [0.1, 0.15) is 6.42 Å². The molecule has 60 valence electrons. The van der Waals surface area contributed by atoms with E-state index in [1.807, 2.05) is 0 Å². The van der Waals surface area contributed by atoms with Gasteiger partial charge in [0.25, 0.3) is 0 Å². The van der Waals surface area contributed by atoms with Gasteiger partial charge in [0, 0.05) is 19.6 Å². The second-order valence-electron chi connectivity index (χ2n) is 2.65. The van der Waals surface area contributed by atoms with Crippen molar-refractivity contribution in [2.45, 2.75) is 12.5 Å². The zero-order valence-electron chi connectivity index (χ0n) is 6.25. The summed E-state index contributed by atoms with van der Waals surface area (Å²) in [6, 6.07) is 0. The summed E-state index contributed by atoms with van der Waals surface area (Å²) >= 11 is 0. The number of rotatable bonds is 2. The first-order chi connectivity index (χ1) is 4.84. The van der Waals surface area contributed by atoms with Gasteiger partial charge in [0.1, 0.15) is 0 Å². The minimum Gasteiger partial charge on any atom is -0.393 e. The largest absolute Gasteiger partial charge is 0.393 e. The average Bonchev–Trinajstić information content (AvgIpc) is 1.94. The standard InChI is InChI=1S/C7H14O3/c1-9-4-6-5-10-3-2-7(6)8/h6-8H,2-5H2,1H3. The number of ether oxygens (including phenoxy) is 2. The van der Waals surface area contributed by atoms with Gasteiger partial charge in [0.2, 0.25) is 0 Å². The summed E-state index contributed by atoms with van der Waals surface area (Å²) in [6.45, 7) is 1.91. The molecular weight excluding hydrogens is 132 g/mol. The molecule has 1 heterocycles. The van der Waals surface area contributed by atoms with E-state index < -0.39 is 0 Å². The molecule has 0 aromatic carbocycles. The molecule has 3 nitrogen and oxygen atoms in total. The normalized spacial score (nSPS) is 34.2. The van der Waals surface area contributed by atoms with Crippen molar-refractivity contribution in [3.63, 3.8) is 0 Å². The van der Waals surface area contributed by atoms with Gasteiger partial charge in [-0.25, -0.2) is 0 Å². The van der Waals surface area contributed by atoms with Crippen LogP contribution >= 0.6 is 0 Å². The van der Waals surface area contributed by atoms with Gasteiger partial charge in [0.15, 0.2) is 0 Å². The van der Waals surface area contributed by atoms with E-state index in [9.17, 15) is 5.11 Å². The zero-order valence-corrected chi connectivity index (χ0v) is 6.25. The van der Waals surface area contributed by atoms with E-state index in [0.717, 1.165) is 6.42 Å². The van der Waals surface area contributed by atoms with Gasteiger partial charge in [-0.1, -0.05) is 0 Å². The van der Waals surface area contributed by atoms with Crippen LogP contribution < -0.4 is 0 Å². The van der Waals surface area contributed by atoms with E-state index in [2.05, 4.69) is 0 Å². The summed E-state index contributed by atoms with van der Waals surface area (Å²) in [5.41, 5.74) is 0. The average molecular weight is 146 g/mol. The molecule has 10 heavy (non-hydrogen) atoms. The van der Waals surface area contributed by atoms with Crippen LogP contribution in [0.25, 0.3) is 0 Å². The third-order valence-electron chi connectivity index (χ3n) is 1.81. The smallest absolute Gasteiger partial charge is 0.0634 e. The molecule has 0 aromatic rings. The number of hydrogen-bond donors (Lipinski definition) is 1. The van der Waals surface area contributed by atoms with Gasteiger partial charge in [-0.3, -0.25) is 0 Å². The van der Waals surface area contributed by atoms with Gasteiger partial charge < -0.3 is 14.6 Å². The van der Waals surface area contributed by atoms with Crippen molar-refractivity contribution in [1.29, 1.82) is 0 Å². The Labute approximate surface area is 60.9 Å². The lowest BCUT2D eigenvalue weighted by Gasteiger charge is -2.26. The van der Waals surface area contributed by atoms with Crippen molar-refractivity contribution < 1.29 is 14.6 Å². The van der Waals surface area contributed by atoms with Crippen LogP contribution in [0.3, 0.4) is 0 Å². The monoisotopic (exact) mass is 146 g/mol. The fraction of sp³-hybridized carbons (Fsp3) is 1.00. The highest BCUT2D eigenvalue weighted by Gasteiger charge is 2.22. The first-order valence-electron chi connectivity index (χ1n) is 3.59. The van der Waals surface area contributed by atoms with Gasteiger partial charge >= 0.3 is 0 Å². The molecule has 1 aliphatic heterocycles. The van der Waals surface area contributed by atoms with E-state index in [1.54, 1.807) is 7.11 Å². The summed E-state index contributed by atoms with van der Waals surface area (Å²) in [4.78, 5) is 0. The Bertz CT molecular complexity index is 92.9. The Balaban J connectivity index is 2.25. The van der Waals surface area contributed by atoms with Crippen LogP contribution in [-0.4, -0.2) is 38.1 Å². The van der Waals surface area contributed by atoms with Crippen LogP contribution in [0.4, 0.5) is 0 Å². The maximum atomic E-state index is 9.34. The molecule has 0 bridgehead atoms. The van der Waals surface area contributed by atoms with E-state index in [4.69, 9.17) is 9.47 Å².